The lowest BCUT2D eigenvalue weighted by molar-refractivity contribution is 0.0785. The van der Waals surface area contributed by atoms with Crippen molar-refractivity contribution in [2.24, 2.45) is 0 Å². The lowest BCUT2D eigenvalue weighted by atomic mass is 10.2. The van der Waals surface area contributed by atoms with Gasteiger partial charge < -0.3 is 10.0 Å². The number of carbonyl (C=O) groups is 1. The molecule has 1 N–H and O–H groups in total. The molecule has 6 heteroatoms. The van der Waals surface area contributed by atoms with Gasteiger partial charge in [-0.1, -0.05) is 29.8 Å². The van der Waals surface area contributed by atoms with E-state index in [0.717, 1.165) is 11.3 Å². The largest absolute Gasteiger partial charge is 0.506 e. The van der Waals surface area contributed by atoms with E-state index in [-0.39, 0.29) is 16.7 Å². The van der Waals surface area contributed by atoms with Gasteiger partial charge in [0.1, 0.15) is 5.75 Å². The summed E-state index contributed by atoms with van der Waals surface area (Å²) in [5, 5.41) is 13.9. The first-order valence-corrected chi connectivity index (χ1v) is 7.75. The van der Waals surface area contributed by atoms with Crippen molar-refractivity contribution in [2.75, 3.05) is 7.05 Å². The third kappa shape index (κ3) is 3.41. The molecule has 0 aliphatic carbocycles. The van der Waals surface area contributed by atoms with Gasteiger partial charge >= 0.3 is 0 Å². The molecule has 5 nitrogen and oxygen atoms in total. The zero-order valence-electron chi connectivity index (χ0n) is 13.1. The molecular formula is C18H16ClN3O2. The smallest absolute Gasteiger partial charge is 0.253 e. The Morgan fingerprint density at radius 1 is 1.25 bits per heavy atom. The minimum atomic E-state index is -0.177. The van der Waals surface area contributed by atoms with Crippen molar-refractivity contribution in [1.29, 1.82) is 0 Å². The second kappa shape index (κ2) is 6.76. The van der Waals surface area contributed by atoms with Gasteiger partial charge in [0.05, 0.1) is 16.9 Å². The Bertz CT molecular complexity index is 862. The molecule has 3 aromatic rings. The van der Waals surface area contributed by atoms with Gasteiger partial charge in [-0.15, -0.1) is 0 Å². The molecule has 1 aromatic heterocycles. The van der Waals surface area contributed by atoms with E-state index in [0.29, 0.717) is 12.1 Å². The van der Waals surface area contributed by atoms with Crippen molar-refractivity contribution in [2.45, 2.75) is 6.54 Å². The van der Waals surface area contributed by atoms with Crippen molar-refractivity contribution >= 4 is 17.5 Å². The van der Waals surface area contributed by atoms with Crippen molar-refractivity contribution < 1.29 is 9.90 Å². The molecule has 0 aliphatic rings. The summed E-state index contributed by atoms with van der Waals surface area (Å²) in [6, 6.07) is 14.2. The van der Waals surface area contributed by atoms with Gasteiger partial charge in [0.15, 0.2) is 0 Å². The number of phenols is 1. The van der Waals surface area contributed by atoms with E-state index in [4.69, 9.17) is 11.6 Å². The van der Waals surface area contributed by atoms with Crippen molar-refractivity contribution in [1.82, 2.24) is 14.7 Å². The normalized spacial score (nSPS) is 10.6. The van der Waals surface area contributed by atoms with Gasteiger partial charge in [-0.3, -0.25) is 4.79 Å². The summed E-state index contributed by atoms with van der Waals surface area (Å²) in [7, 11) is 1.71. The third-order valence-electron chi connectivity index (χ3n) is 3.62. The zero-order valence-corrected chi connectivity index (χ0v) is 13.8. The first kappa shape index (κ1) is 16.1. The van der Waals surface area contributed by atoms with E-state index in [2.05, 4.69) is 5.10 Å². The number of phenolic OH excluding ortho intramolecular Hbond substituents is 1. The maximum absolute atomic E-state index is 12.4. The summed E-state index contributed by atoms with van der Waals surface area (Å²) < 4.78 is 1.77. The second-order valence-electron chi connectivity index (χ2n) is 5.46. The number of hydrogen-bond acceptors (Lipinski definition) is 3. The summed E-state index contributed by atoms with van der Waals surface area (Å²) in [5.74, 6) is -0.218. The van der Waals surface area contributed by atoms with E-state index in [9.17, 15) is 9.90 Å². The molecule has 0 saturated carbocycles. The lowest BCUT2D eigenvalue weighted by Crippen LogP contribution is -2.26. The first-order chi connectivity index (χ1) is 11.5. The average Bonchev–Trinajstić information content (AvgIpc) is 3.06. The van der Waals surface area contributed by atoms with Gasteiger partial charge in [-0.2, -0.15) is 5.10 Å². The molecule has 0 fully saturated rings. The van der Waals surface area contributed by atoms with Gasteiger partial charge in [0, 0.05) is 30.9 Å². The standard InChI is InChI=1S/C18H16ClN3O2/c1-21(18(24)14-7-8-17(23)16(19)9-14)11-13-10-20-22(12-13)15-5-3-2-4-6-15/h2-10,12,23H,11H2,1H3. The number of aromatic nitrogens is 2. The molecule has 2 aromatic carbocycles. The lowest BCUT2D eigenvalue weighted by Gasteiger charge is -2.16. The Hall–Kier alpha value is -2.79. The molecule has 0 atom stereocenters. The number of nitrogens with zero attached hydrogens (tertiary/aromatic N) is 3. The van der Waals surface area contributed by atoms with Gasteiger partial charge in [0.25, 0.3) is 5.91 Å². The predicted octanol–water partition coefficient (Wildman–Crippen LogP) is 3.50. The van der Waals surface area contributed by atoms with E-state index in [1.54, 1.807) is 28.9 Å². The van der Waals surface area contributed by atoms with Crippen LogP contribution in [0.4, 0.5) is 0 Å². The number of rotatable bonds is 4. The van der Waals surface area contributed by atoms with Crippen LogP contribution in [0.25, 0.3) is 5.69 Å². The molecule has 0 radical (unpaired) electrons. The average molecular weight is 342 g/mol. The van der Waals surface area contributed by atoms with Crippen molar-refractivity contribution in [3.05, 3.63) is 77.1 Å². The minimum Gasteiger partial charge on any atom is -0.506 e. The first-order valence-electron chi connectivity index (χ1n) is 7.37. The Labute approximate surface area is 144 Å². The Balaban J connectivity index is 1.72. The second-order valence-corrected chi connectivity index (χ2v) is 5.86. The minimum absolute atomic E-state index is 0.0417. The SMILES string of the molecule is CN(Cc1cnn(-c2ccccc2)c1)C(=O)c1ccc(O)c(Cl)c1. The molecule has 0 aliphatic heterocycles. The monoisotopic (exact) mass is 341 g/mol. The molecule has 0 unspecified atom stereocenters. The van der Waals surface area contributed by atoms with E-state index < -0.39 is 0 Å². The van der Waals surface area contributed by atoms with E-state index >= 15 is 0 Å². The fourth-order valence-electron chi connectivity index (χ4n) is 2.37. The van der Waals surface area contributed by atoms with Crippen LogP contribution >= 0.6 is 11.6 Å². The van der Waals surface area contributed by atoms with Gasteiger partial charge in [-0.25, -0.2) is 4.68 Å². The van der Waals surface area contributed by atoms with Crippen LogP contribution < -0.4 is 0 Å². The van der Waals surface area contributed by atoms with Crippen LogP contribution in [0.15, 0.2) is 60.9 Å². The summed E-state index contributed by atoms with van der Waals surface area (Å²) in [4.78, 5) is 14.0. The predicted molar refractivity (Wildman–Crippen MR) is 92.5 cm³/mol. The van der Waals surface area contributed by atoms with Crippen LogP contribution in [0.2, 0.25) is 5.02 Å². The number of carbonyl (C=O) groups excluding carboxylic acids is 1. The number of hydrogen-bond donors (Lipinski definition) is 1. The van der Waals surface area contributed by atoms with Crippen LogP contribution in [0.1, 0.15) is 15.9 Å². The third-order valence-corrected chi connectivity index (χ3v) is 3.92. The number of amides is 1. The molecule has 3 rings (SSSR count). The molecule has 24 heavy (non-hydrogen) atoms. The van der Waals surface area contributed by atoms with Crippen LogP contribution in [0, 0.1) is 0 Å². The molecule has 0 saturated heterocycles. The number of aromatic hydroxyl groups is 1. The highest BCUT2D eigenvalue weighted by Gasteiger charge is 2.14. The molecule has 0 bridgehead atoms. The highest BCUT2D eigenvalue weighted by Crippen LogP contribution is 2.24. The molecule has 122 valence electrons. The van der Waals surface area contributed by atoms with E-state index in [1.165, 1.54) is 12.1 Å². The molecule has 0 spiro atoms. The van der Waals surface area contributed by atoms with Crippen LogP contribution in [-0.2, 0) is 6.54 Å². The van der Waals surface area contributed by atoms with Crippen molar-refractivity contribution in [3.8, 4) is 11.4 Å². The van der Waals surface area contributed by atoms with Crippen LogP contribution in [0.5, 0.6) is 5.75 Å². The Morgan fingerprint density at radius 3 is 2.71 bits per heavy atom. The fourth-order valence-corrected chi connectivity index (χ4v) is 2.55. The zero-order chi connectivity index (χ0) is 17.1. The Morgan fingerprint density at radius 2 is 2.00 bits per heavy atom. The van der Waals surface area contributed by atoms with Gasteiger partial charge in [0.2, 0.25) is 0 Å². The van der Waals surface area contributed by atoms with Crippen LogP contribution in [0.3, 0.4) is 0 Å². The summed E-state index contributed by atoms with van der Waals surface area (Å²) in [5.41, 5.74) is 2.30. The number of halogens is 1. The topological polar surface area (TPSA) is 58.4 Å². The number of benzene rings is 2. The summed E-state index contributed by atoms with van der Waals surface area (Å²) in [6.45, 7) is 0.421. The maximum Gasteiger partial charge on any atom is 0.253 e. The van der Waals surface area contributed by atoms with Gasteiger partial charge in [-0.05, 0) is 30.3 Å². The molecule has 1 heterocycles. The maximum atomic E-state index is 12.4. The fraction of sp³-hybridized carbons (Fsp3) is 0.111. The highest BCUT2D eigenvalue weighted by atomic mass is 35.5. The molecule has 1 amide bonds. The number of para-hydroxylation sites is 1. The summed E-state index contributed by atoms with van der Waals surface area (Å²) >= 11 is 5.86. The summed E-state index contributed by atoms with van der Waals surface area (Å²) in [6.07, 6.45) is 3.63. The molecular weight excluding hydrogens is 326 g/mol. The Kier molecular flexibility index (Phi) is 4.53. The van der Waals surface area contributed by atoms with Crippen molar-refractivity contribution in [3.63, 3.8) is 0 Å². The van der Waals surface area contributed by atoms with E-state index in [1.807, 2.05) is 36.5 Å². The highest BCUT2D eigenvalue weighted by molar-refractivity contribution is 6.32. The quantitative estimate of drug-likeness (QED) is 0.790. The van der Waals surface area contributed by atoms with Crippen LogP contribution in [-0.4, -0.2) is 32.7 Å².